The lowest BCUT2D eigenvalue weighted by Gasteiger charge is -2.31. The van der Waals surface area contributed by atoms with E-state index in [1.54, 1.807) is 0 Å². The van der Waals surface area contributed by atoms with Crippen molar-refractivity contribution in [2.24, 2.45) is 13.0 Å². The van der Waals surface area contributed by atoms with Crippen molar-refractivity contribution < 1.29 is 9.94 Å². The van der Waals surface area contributed by atoms with Crippen molar-refractivity contribution in [1.82, 2.24) is 9.63 Å². The fourth-order valence-corrected chi connectivity index (χ4v) is 4.00. The van der Waals surface area contributed by atoms with Gasteiger partial charge in [0.05, 0.1) is 12.6 Å². The van der Waals surface area contributed by atoms with Crippen LogP contribution in [-0.4, -0.2) is 34.0 Å². The minimum absolute atomic E-state index is 0.0459. The summed E-state index contributed by atoms with van der Waals surface area (Å²) in [7, 11) is 2.11. The number of nitrogens with zero attached hydrogens (tertiary/aromatic N) is 2. The van der Waals surface area contributed by atoms with Crippen LogP contribution in [0.4, 0.5) is 0 Å². The maximum absolute atomic E-state index is 9.83. The zero-order valence-electron chi connectivity index (χ0n) is 12.2. The summed E-state index contributed by atoms with van der Waals surface area (Å²) in [6.07, 6.45) is 2.68. The number of para-hydroxylation sites is 1. The summed E-state index contributed by atoms with van der Waals surface area (Å²) < 4.78 is 2.26. The van der Waals surface area contributed by atoms with E-state index in [4.69, 9.17) is 4.84 Å². The molecule has 4 nitrogen and oxygen atoms in total. The predicted octanol–water partition coefficient (Wildman–Crippen LogP) is 2.19. The van der Waals surface area contributed by atoms with E-state index >= 15 is 0 Å². The molecule has 0 bridgehead atoms. The second-order valence-electron chi connectivity index (χ2n) is 5.93. The molecule has 0 amide bonds. The van der Waals surface area contributed by atoms with E-state index in [9.17, 15) is 5.11 Å². The Hall–Kier alpha value is -1.62. The monoisotopic (exact) mass is 284 g/mol. The molecule has 0 unspecified atom stereocenters. The number of aliphatic hydroxyl groups is 1. The summed E-state index contributed by atoms with van der Waals surface area (Å²) in [5.74, 6) is 0.0459. The molecule has 1 N–H and O–H groups in total. The summed E-state index contributed by atoms with van der Waals surface area (Å²) in [4.78, 5) is 5.97. The zero-order valence-corrected chi connectivity index (χ0v) is 12.2. The topological polar surface area (TPSA) is 37.6 Å². The van der Waals surface area contributed by atoms with Gasteiger partial charge < -0.3 is 9.67 Å². The second-order valence-corrected chi connectivity index (χ2v) is 5.93. The minimum Gasteiger partial charge on any atom is -0.396 e. The number of benzene rings is 1. The van der Waals surface area contributed by atoms with Crippen LogP contribution in [0.5, 0.6) is 0 Å². The van der Waals surface area contributed by atoms with E-state index in [-0.39, 0.29) is 24.7 Å². The minimum atomic E-state index is -0.107. The molecule has 4 heteroatoms. The Morgan fingerprint density at radius 2 is 2.24 bits per heavy atom. The summed E-state index contributed by atoms with van der Waals surface area (Å²) in [6, 6.07) is 8.63. The van der Waals surface area contributed by atoms with Gasteiger partial charge in [-0.05, 0) is 18.1 Å². The van der Waals surface area contributed by atoms with E-state index < -0.39 is 0 Å². The summed E-state index contributed by atoms with van der Waals surface area (Å²) in [6.45, 7) is 4.83. The zero-order chi connectivity index (χ0) is 14.6. The second kappa shape index (κ2) is 4.70. The van der Waals surface area contributed by atoms with Crippen molar-refractivity contribution in [2.75, 3.05) is 13.2 Å². The number of aliphatic hydroxyl groups excluding tert-OH is 1. The van der Waals surface area contributed by atoms with E-state index in [0.717, 1.165) is 13.0 Å². The highest BCUT2D eigenvalue weighted by Crippen LogP contribution is 2.46. The molecule has 0 aliphatic carbocycles. The van der Waals surface area contributed by atoms with E-state index in [0.29, 0.717) is 0 Å². The van der Waals surface area contributed by atoms with Crippen molar-refractivity contribution in [3.05, 3.63) is 48.2 Å². The molecule has 1 aromatic heterocycles. The number of aromatic nitrogens is 1. The predicted molar refractivity (Wildman–Crippen MR) is 81.7 cm³/mol. The molecule has 110 valence electrons. The van der Waals surface area contributed by atoms with Gasteiger partial charge in [-0.25, -0.2) is 0 Å². The van der Waals surface area contributed by atoms with Crippen LogP contribution in [0.25, 0.3) is 10.9 Å². The average Bonchev–Trinajstić information content (AvgIpc) is 3.03. The molecule has 3 atom stereocenters. The molecular formula is C17H20N2O2. The van der Waals surface area contributed by atoms with Gasteiger partial charge in [-0.2, -0.15) is 5.06 Å². The molecule has 3 heterocycles. The van der Waals surface area contributed by atoms with Gasteiger partial charge in [-0.15, -0.1) is 6.58 Å². The molecular weight excluding hydrogens is 264 g/mol. The molecule has 1 aromatic carbocycles. The number of aryl methyl sites for hydroxylation is 1. The van der Waals surface area contributed by atoms with Crippen LogP contribution in [0, 0.1) is 5.92 Å². The number of fused-ring (bicyclic) bond motifs is 5. The van der Waals surface area contributed by atoms with Gasteiger partial charge >= 0.3 is 0 Å². The van der Waals surface area contributed by atoms with Crippen LogP contribution >= 0.6 is 0 Å². The van der Waals surface area contributed by atoms with Gasteiger partial charge in [0.25, 0.3) is 0 Å². The Labute approximate surface area is 124 Å². The Bertz CT molecular complexity index is 706. The SMILES string of the molecule is C=C[C@H]1ON2CCc3c(n(C)c4ccccc34)[C@@H]2[C@H]1CO. The van der Waals surface area contributed by atoms with Crippen LogP contribution in [0.1, 0.15) is 17.3 Å². The Morgan fingerprint density at radius 1 is 1.43 bits per heavy atom. The van der Waals surface area contributed by atoms with Crippen molar-refractivity contribution in [3.63, 3.8) is 0 Å². The third-order valence-electron chi connectivity index (χ3n) is 4.96. The fraction of sp³-hybridized carbons (Fsp3) is 0.412. The third-order valence-corrected chi connectivity index (χ3v) is 4.96. The van der Waals surface area contributed by atoms with Gasteiger partial charge in [-0.1, -0.05) is 24.3 Å². The molecule has 1 fully saturated rings. The van der Waals surface area contributed by atoms with Crippen LogP contribution in [0.15, 0.2) is 36.9 Å². The Balaban J connectivity index is 1.93. The van der Waals surface area contributed by atoms with Gasteiger partial charge in [0.1, 0.15) is 6.10 Å². The highest BCUT2D eigenvalue weighted by Gasteiger charge is 2.46. The molecule has 21 heavy (non-hydrogen) atoms. The first-order chi connectivity index (χ1) is 10.3. The number of rotatable bonds is 2. The maximum atomic E-state index is 9.83. The Kier molecular flexibility index (Phi) is 2.92. The number of hydrogen-bond acceptors (Lipinski definition) is 3. The van der Waals surface area contributed by atoms with Crippen LogP contribution in [-0.2, 0) is 18.3 Å². The maximum Gasteiger partial charge on any atom is 0.104 e. The van der Waals surface area contributed by atoms with E-state index in [1.807, 2.05) is 11.1 Å². The van der Waals surface area contributed by atoms with Crippen molar-refractivity contribution in [3.8, 4) is 0 Å². The summed E-state index contributed by atoms with van der Waals surface area (Å²) in [5.41, 5.74) is 3.94. The molecule has 2 aromatic rings. The first-order valence-corrected chi connectivity index (χ1v) is 7.49. The van der Waals surface area contributed by atoms with E-state index in [1.165, 1.54) is 22.2 Å². The molecule has 2 aliphatic rings. The molecule has 0 saturated carbocycles. The summed E-state index contributed by atoms with van der Waals surface area (Å²) >= 11 is 0. The highest BCUT2D eigenvalue weighted by molar-refractivity contribution is 5.86. The van der Waals surface area contributed by atoms with Crippen molar-refractivity contribution >= 4 is 10.9 Å². The fourth-order valence-electron chi connectivity index (χ4n) is 4.00. The van der Waals surface area contributed by atoms with E-state index in [2.05, 4.69) is 42.5 Å². The highest BCUT2D eigenvalue weighted by atomic mass is 16.7. The Morgan fingerprint density at radius 3 is 3.00 bits per heavy atom. The molecule has 0 radical (unpaired) electrons. The number of hydrogen-bond donors (Lipinski definition) is 1. The summed E-state index contributed by atoms with van der Waals surface area (Å²) in [5, 5.41) is 13.2. The molecule has 1 saturated heterocycles. The van der Waals surface area contributed by atoms with Gasteiger partial charge in [-0.3, -0.25) is 4.84 Å². The standard InChI is InChI=1S/C17H20N2O2/c1-3-15-13(10-20)17-16-12(8-9-19(17)21-15)11-6-4-5-7-14(11)18(16)2/h3-7,13,15,17,20H,1,8-10H2,2H3/t13-,15+,17-/m0/s1. The van der Waals surface area contributed by atoms with Crippen LogP contribution in [0.2, 0.25) is 0 Å². The largest absolute Gasteiger partial charge is 0.396 e. The van der Waals surface area contributed by atoms with Crippen molar-refractivity contribution in [1.29, 1.82) is 0 Å². The lowest BCUT2D eigenvalue weighted by Crippen LogP contribution is -2.34. The lowest BCUT2D eigenvalue weighted by molar-refractivity contribution is -0.155. The van der Waals surface area contributed by atoms with Gasteiger partial charge in [0.2, 0.25) is 0 Å². The first-order valence-electron chi connectivity index (χ1n) is 7.49. The molecule has 4 rings (SSSR count). The average molecular weight is 284 g/mol. The van der Waals surface area contributed by atoms with Crippen LogP contribution in [0.3, 0.4) is 0 Å². The first kappa shape index (κ1) is 13.1. The van der Waals surface area contributed by atoms with Gasteiger partial charge in [0.15, 0.2) is 0 Å². The quantitative estimate of drug-likeness (QED) is 0.859. The normalized spacial score (nSPS) is 28.6. The van der Waals surface area contributed by atoms with Crippen molar-refractivity contribution in [2.45, 2.75) is 18.6 Å². The lowest BCUT2D eigenvalue weighted by atomic mass is 9.88. The number of hydroxylamine groups is 2. The van der Waals surface area contributed by atoms with Crippen LogP contribution < -0.4 is 0 Å². The molecule has 2 aliphatic heterocycles. The van der Waals surface area contributed by atoms with Gasteiger partial charge in [0, 0.05) is 36.1 Å². The third kappa shape index (κ3) is 1.67. The smallest absolute Gasteiger partial charge is 0.104 e. The molecule has 0 spiro atoms.